The molecule has 0 aromatic carbocycles. The Labute approximate surface area is 135 Å². The number of imidazole rings is 1. The van der Waals surface area contributed by atoms with Gasteiger partial charge in [0.2, 0.25) is 0 Å². The van der Waals surface area contributed by atoms with Gasteiger partial charge in [0.25, 0.3) is 5.82 Å². The molecule has 0 unspecified atom stereocenters. The quantitative estimate of drug-likeness (QED) is 0.470. The number of nitrogens with zero attached hydrogens (tertiary/aromatic N) is 2. The summed E-state index contributed by atoms with van der Waals surface area (Å²) in [4.78, 5) is 11.0. The van der Waals surface area contributed by atoms with E-state index in [0.29, 0.717) is 0 Å². The molecule has 1 aromatic heterocycles. The zero-order valence-corrected chi connectivity index (χ0v) is 14.6. The number of carbonyl (C=O) groups is 1. The lowest BCUT2D eigenvalue weighted by Gasteiger charge is -2.05. The number of aliphatic carboxylic acids is 1. The van der Waals surface area contributed by atoms with Crippen molar-refractivity contribution in [2.75, 3.05) is 0 Å². The fraction of sp³-hybridized carbons (Fsp3) is 0.778. The van der Waals surface area contributed by atoms with Crippen molar-refractivity contribution in [3.8, 4) is 0 Å². The summed E-state index contributed by atoms with van der Waals surface area (Å²) in [7, 11) is 0. The number of unbranched alkanes of at least 4 members (excludes halogenated alkanes) is 6. The lowest BCUT2D eigenvalue weighted by atomic mass is 10.1. The van der Waals surface area contributed by atoms with Crippen LogP contribution in [-0.2, 0) is 24.3 Å². The molecule has 0 spiro atoms. The van der Waals surface area contributed by atoms with Crippen LogP contribution >= 0.6 is 0 Å². The van der Waals surface area contributed by atoms with Gasteiger partial charge in [-0.25, -0.2) is 13.9 Å². The molecule has 0 saturated heterocycles. The summed E-state index contributed by atoms with van der Waals surface area (Å²) in [5, 5.41) is 9.08. The van der Waals surface area contributed by atoms with Gasteiger partial charge in [0.1, 0.15) is 11.9 Å². The van der Waals surface area contributed by atoms with Crippen LogP contribution in [0.2, 0.25) is 0 Å². The molecule has 0 bridgehead atoms. The van der Waals surface area contributed by atoms with Gasteiger partial charge in [-0.15, -0.1) is 0 Å². The smallest absolute Gasteiger partial charge is 0.346 e. The molecule has 126 valence electrons. The van der Waals surface area contributed by atoms with E-state index in [0.717, 1.165) is 25.8 Å². The van der Waals surface area contributed by atoms with Crippen molar-refractivity contribution in [2.45, 2.75) is 91.6 Å². The van der Waals surface area contributed by atoms with Gasteiger partial charge in [0, 0.05) is 13.3 Å². The number of rotatable bonds is 12. The van der Waals surface area contributed by atoms with Gasteiger partial charge in [-0.1, -0.05) is 52.4 Å². The first-order chi connectivity index (χ1) is 10.6. The maximum atomic E-state index is 11.0. The van der Waals surface area contributed by atoms with Crippen molar-refractivity contribution in [2.24, 2.45) is 0 Å². The fourth-order valence-corrected chi connectivity index (χ4v) is 3.06. The Kier molecular flexibility index (Phi) is 8.86. The first-order valence-corrected chi connectivity index (χ1v) is 8.90. The topological polar surface area (TPSA) is 46.1 Å². The van der Waals surface area contributed by atoms with E-state index in [1.54, 1.807) is 0 Å². The molecule has 22 heavy (non-hydrogen) atoms. The lowest BCUT2D eigenvalue weighted by molar-refractivity contribution is -0.693. The van der Waals surface area contributed by atoms with Gasteiger partial charge in [0.15, 0.2) is 6.54 Å². The van der Waals surface area contributed by atoms with Gasteiger partial charge >= 0.3 is 5.97 Å². The van der Waals surface area contributed by atoms with Gasteiger partial charge in [-0.05, 0) is 12.8 Å². The van der Waals surface area contributed by atoms with Crippen molar-refractivity contribution in [3.63, 3.8) is 0 Å². The van der Waals surface area contributed by atoms with Crippen LogP contribution in [-0.4, -0.2) is 15.6 Å². The summed E-state index contributed by atoms with van der Waals surface area (Å²) < 4.78 is 4.21. The van der Waals surface area contributed by atoms with Crippen LogP contribution in [0.5, 0.6) is 0 Å². The average Bonchev–Trinajstić information content (AvgIpc) is 2.74. The van der Waals surface area contributed by atoms with E-state index in [1.807, 2.05) is 10.8 Å². The summed E-state index contributed by atoms with van der Waals surface area (Å²) in [6.45, 7) is 7.53. The molecule has 1 N–H and O–H groups in total. The molecule has 4 nitrogen and oxygen atoms in total. The van der Waals surface area contributed by atoms with Gasteiger partial charge in [-0.3, -0.25) is 0 Å². The number of carboxylic acid groups (broad SMARTS) is 1. The van der Waals surface area contributed by atoms with Crippen LogP contribution in [0.25, 0.3) is 0 Å². The van der Waals surface area contributed by atoms with Crippen molar-refractivity contribution in [1.29, 1.82) is 0 Å². The molecule has 0 amide bonds. The third-order valence-electron chi connectivity index (χ3n) is 4.17. The number of aryl methyl sites for hydroxylation is 1. The summed E-state index contributed by atoms with van der Waals surface area (Å²) in [5.74, 6) is 0.412. The van der Waals surface area contributed by atoms with E-state index in [-0.39, 0.29) is 6.54 Å². The predicted molar refractivity (Wildman–Crippen MR) is 89.0 cm³/mol. The Morgan fingerprint density at radius 3 is 2.32 bits per heavy atom. The molecule has 0 aliphatic heterocycles. The average molecular weight is 309 g/mol. The Morgan fingerprint density at radius 1 is 1.09 bits per heavy atom. The van der Waals surface area contributed by atoms with Crippen molar-refractivity contribution in [1.82, 2.24) is 4.57 Å². The van der Waals surface area contributed by atoms with Crippen molar-refractivity contribution in [3.05, 3.63) is 17.7 Å². The monoisotopic (exact) mass is 309 g/mol. The van der Waals surface area contributed by atoms with Crippen LogP contribution < -0.4 is 4.57 Å². The molecule has 0 fully saturated rings. The number of carboxylic acids is 1. The molecule has 1 rings (SSSR count). The normalized spacial score (nSPS) is 11.0. The van der Waals surface area contributed by atoms with Crippen LogP contribution in [0, 0.1) is 6.92 Å². The van der Waals surface area contributed by atoms with Crippen molar-refractivity contribution < 1.29 is 14.5 Å². The number of hydrogen-bond acceptors (Lipinski definition) is 1. The Morgan fingerprint density at radius 2 is 1.73 bits per heavy atom. The number of hydrogen-bond donors (Lipinski definition) is 1. The molecule has 0 atom stereocenters. The molecule has 1 aromatic rings. The molecule has 0 aliphatic carbocycles. The van der Waals surface area contributed by atoms with E-state index in [1.165, 1.54) is 50.0 Å². The predicted octanol–water partition coefficient (Wildman–Crippen LogP) is 3.87. The van der Waals surface area contributed by atoms with Crippen LogP contribution in [0.4, 0.5) is 0 Å². The molecule has 0 saturated carbocycles. The molecule has 1 heterocycles. The highest BCUT2D eigenvalue weighted by atomic mass is 16.4. The molecular formula is C18H33N2O2+. The first-order valence-electron chi connectivity index (χ1n) is 8.90. The van der Waals surface area contributed by atoms with E-state index < -0.39 is 5.97 Å². The minimum Gasteiger partial charge on any atom is -0.478 e. The second-order valence-electron chi connectivity index (χ2n) is 6.23. The SMILES string of the molecule is CCCCCCCCCc1n(CCC)c(C)c[n+]1CC(=O)O. The third-order valence-corrected chi connectivity index (χ3v) is 4.17. The van der Waals surface area contributed by atoms with Gasteiger partial charge in [-0.2, -0.15) is 0 Å². The largest absolute Gasteiger partial charge is 0.478 e. The summed E-state index contributed by atoms with van der Waals surface area (Å²) >= 11 is 0. The molecule has 4 heteroatoms. The second kappa shape index (κ2) is 10.4. The lowest BCUT2D eigenvalue weighted by Crippen LogP contribution is -2.41. The summed E-state index contributed by atoms with van der Waals surface area (Å²) in [6.07, 6.45) is 13.1. The highest BCUT2D eigenvalue weighted by Gasteiger charge is 2.21. The number of aromatic nitrogens is 2. The first kappa shape index (κ1) is 18.7. The highest BCUT2D eigenvalue weighted by Crippen LogP contribution is 2.11. The van der Waals surface area contributed by atoms with Gasteiger partial charge < -0.3 is 5.11 Å². The fourth-order valence-electron chi connectivity index (χ4n) is 3.06. The molecular weight excluding hydrogens is 276 g/mol. The Hall–Kier alpha value is -1.32. The standard InChI is InChI=1S/C18H32N2O2/c1-4-6-7-8-9-10-11-12-17-19(15-18(21)22)14-16(3)20(17)13-5-2/h14H,4-13,15H2,1-3H3/p+1. The van der Waals surface area contributed by atoms with Crippen LogP contribution in [0.15, 0.2) is 6.20 Å². The van der Waals surface area contributed by atoms with Gasteiger partial charge in [0.05, 0.1) is 6.54 Å². The summed E-state index contributed by atoms with van der Waals surface area (Å²) in [5.41, 5.74) is 1.17. The zero-order chi connectivity index (χ0) is 16.4. The maximum absolute atomic E-state index is 11.0. The van der Waals surface area contributed by atoms with E-state index in [9.17, 15) is 4.79 Å². The Balaban J connectivity index is 2.56. The van der Waals surface area contributed by atoms with E-state index >= 15 is 0 Å². The van der Waals surface area contributed by atoms with E-state index in [4.69, 9.17) is 5.11 Å². The minimum absolute atomic E-state index is 0.0728. The molecule has 0 aliphatic rings. The Bertz CT molecular complexity index is 452. The highest BCUT2D eigenvalue weighted by molar-refractivity contribution is 5.64. The minimum atomic E-state index is -0.764. The molecule has 0 radical (unpaired) electrons. The van der Waals surface area contributed by atoms with Crippen molar-refractivity contribution >= 4 is 5.97 Å². The maximum Gasteiger partial charge on any atom is 0.346 e. The van der Waals surface area contributed by atoms with E-state index in [2.05, 4.69) is 25.3 Å². The van der Waals surface area contributed by atoms with Crippen LogP contribution in [0.1, 0.15) is 76.7 Å². The van der Waals surface area contributed by atoms with Crippen LogP contribution in [0.3, 0.4) is 0 Å². The second-order valence-corrected chi connectivity index (χ2v) is 6.23. The third kappa shape index (κ3) is 6.20. The zero-order valence-electron chi connectivity index (χ0n) is 14.6. The summed E-state index contributed by atoms with van der Waals surface area (Å²) in [6, 6.07) is 0.